The first-order valence-electron chi connectivity index (χ1n) is 8.19. The smallest absolute Gasteiger partial charge is 0.255 e. The number of thioether (sulfide) groups is 1. The van der Waals surface area contributed by atoms with Crippen molar-refractivity contribution in [3.05, 3.63) is 29.8 Å². The van der Waals surface area contributed by atoms with Gasteiger partial charge in [-0.1, -0.05) is 19.1 Å². The molecule has 0 aliphatic carbocycles. The van der Waals surface area contributed by atoms with Crippen LogP contribution < -0.4 is 15.8 Å². The molecule has 0 radical (unpaired) electrons. The number of rotatable bonds is 6. The number of amides is 1. The average Bonchev–Trinajstić information content (AvgIpc) is 2.61. The lowest BCUT2D eigenvalue weighted by Gasteiger charge is -2.34. The molecule has 0 spiro atoms. The molecule has 2 rings (SSSR count). The van der Waals surface area contributed by atoms with Gasteiger partial charge >= 0.3 is 0 Å². The molecule has 1 unspecified atom stereocenters. The molecule has 7 heteroatoms. The number of hydrogen-bond acceptors (Lipinski definition) is 4. The molecule has 0 aromatic heterocycles. The molecule has 1 heterocycles. The van der Waals surface area contributed by atoms with E-state index in [9.17, 15) is 4.79 Å². The molecule has 1 amide bonds. The zero-order valence-corrected chi connectivity index (χ0v) is 15.1. The minimum absolute atomic E-state index is 0.109. The fourth-order valence-electron chi connectivity index (χ4n) is 2.57. The van der Waals surface area contributed by atoms with Crippen LogP contribution in [0.25, 0.3) is 0 Å². The van der Waals surface area contributed by atoms with Crippen LogP contribution in [0.4, 0.5) is 0 Å². The third kappa shape index (κ3) is 5.63. The maximum Gasteiger partial charge on any atom is 0.255 e. The lowest BCUT2D eigenvalue weighted by Crippen LogP contribution is -2.47. The van der Waals surface area contributed by atoms with Gasteiger partial charge in [0, 0.05) is 37.7 Å². The molecule has 132 valence electrons. The first kappa shape index (κ1) is 18.4. The number of nitrogens with zero attached hydrogens (tertiary/aromatic N) is 2. The van der Waals surface area contributed by atoms with Crippen molar-refractivity contribution in [2.45, 2.75) is 25.1 Å². The summed E-state index contributed by atoms with van der Waals surface area (Å²) in [4.78, 5) is 17.5. The molecule has 1 fully saturated rings. The number of carbonyl (C=O) groups is 1. The fraction of sp³-hybridized carbons (Fsp3) is 0.529. The number of guanidine groups is 1. The summed E-state index contributed by atoms with van der Waals surface area (Å²) < 4.78 is 5.34. The second kappa shape index (κ2) is 9.42. The second-order valence-corrected chi connectivity index (χ2v) is 7.06. The highest BCUT2D eigenvalue weighted by molar-refractivity contribution is 8.00. The Hall–Kier alpha value is -1.89. The highest BCUT2D eigenvalue weighted by Crippen LogP contribution is 2.21. The van der Waals surface area contributed by atoms with E-state index in [1.165, 1.54) is 6.42 Å². The van der Waals surface area contributed by atoms with Gasteiger partial charge < -0.3 is 20.7 Å². The van der Waals surface area contributed by atoms with Crippen molar-refractivity contribution in [2.75, 3.05) is 32.5 Å². The lowest BCUT2D eigenvalue weighted by atomic mass is 10.2. The van der Waals surface area contributed by atoms with Crippen molar-refractivity contribution in [1.82, 2.24) is 10.2 Å². The van der Waals surface area contributed by atoms with Crippen molar-refractivity contribution in [2.24, 2.45) is 10.7 Å². The van der Waals surface area contributed by atoms with Gasteiger partial charge in [0.1, 0.15) is 5.75 Å². The van der Waals surface area contributed by atoms with Gasteiger partial charge in [0.25, 0.3) is 5.91 Å². The minimum Gasteiger partial charge on any atom is -0.484 e. The molecule has 3 N–H and O–H groups in total. The maximum atomic E-state index is 10.8. The number of nitrogens with two attached hydrogens (primary N) is 1. The van der Waals surface area contributed by atoms with Gasteiger partial charge in [-0.2, -0.15) is 11.8 Å². The number of benzene rings is 1. The van der Waals surface area contributed by atoms with Gasteiger partial charge in [-0.05, 0) is 24.1 Å². The summed E-state index contributed by atoms with van der Waals surface area (Å²) in [7, 11) is 1.82. The molecule has 1 aliphatic rings. The summed E-state index contributed by atoms with van der Waals surface area (Å²) in [6.07, 6.45) is 1.18. The fourth-order valence-corrected chi connectivity index (χ4v) is 3.75. The van der Waals surface area contributed by atoms with Crippen LogP contribution in [0.5, 0.6) is 5.75 Å². The van der Waals surface area contributed by atoms with Crippen LogP contribution in [0.1, 0.15) is 18.9 Å². The summed E-state index contributed by atoms with van der Waals surface area (Å²) in [5, 5.41) is 4.08. The zero-order chi connectivity index (χ0) is 17.4. The highest BCUT2D eigenvalue weighted by atomic mass is 32.2. The lowest BCUT2D eigenvalue weighted by molar-refractivity contribution is -0.119. The predicted octanol–water partition coefficient (Wildman–Crippen LogP) is 1.45. The quantitative estimate of drug-likeness (QED) is 0.600. The third-order valence-electron chi connectivity index (χ3n) is 3.84. The van der Waals surface area contributed by atoms with Crippen molar-refractivity contribution < 1.29 is 9.53 Å². The molecule has 1 aromatic rings. The highest BCUT2D eigenvalue weighted by Gasteiger charge is 2.21. The van der Waals surface area contributed by atoms with E-state index in [1.807, 2.05) is 43.1 Å². The summed E-state index contributed by atoms with van der Waals surface area (Å²) in [6, 6.07) is 7.64. The van der Waals surface area contributed by atoms with E-state index in [2.05, 4.69) is 22.1 Å². The topological polar surface area (TPSA) is 79.9 Å². The SMILES string of the molecule is CCC1CN(C(=NC)NCc2cccc(OCC(N)=O)c2)CCS1. The number of nitrogens with one attached hydrogen (secondary N) is 1. The van der Waals surface area contributed by atoms with E-state index in [1.54, 1.807) is 0 Å². The monoisotopic (exact) mass is 350 g/mol. The zero-order valence-electron chi connectivity index (χ0n) is 14.3. The van der Waals surface area contributed by atoms with Crippen LogP contribution >= 0.6 is 11.8 Å². The molecule has 0 bridgehead atoms. The summed E-state index contributed by atoms with van der Waals surface area (Å²) in [5.74, 6) is 2.23. The molecular weight excluding hydrogens is 324 g/mol. The van der Waals surface area contributed by atoms with Gasteiger partial charge in [0.2, 0.25) is 0 Å². The number of carbonyl (C=O) groups excluding carboxylic acids is 1. The number of ether oxygens (including phenoxy) is 1. The number of hydrogen-bond donors (Lipinski definition) is 2. The normalized spacial score (nSPS) is 18.3. The molecule has 0 saturated carbocycles. The van der Waals surface area contributed by atoms with Crippen molar-refractivity contribution in [3.63, 3.8) is 0 Å². The molecular formula is C17H26N4O2S. The van der Waals surface area contributed by atoms with Gasteiger partial charge in [0.15, 0.2) is 12.6 Å². The Bertz CT molecular complexity index is 579. The maximum absolute atomic E-state index is 10.8. The van der Waals surface area contributed by atoms with E-state index in [-0.39, 0.29) is 6.61 Å². The summed E-state index contributed by atoms with van der Waals surface area (Å²) >= 11 is 2.04. The Labute approximate surface area is 147 Å². The number of aliphatic imine (C=N–C) groups is 1. The minimum atomic E-state index is -0.479. The van der Waals surface area contributed by atoms with Crippen LogP contribution in [0.3, 0.4) is 0 Å². The van der Waals surface area contributed by atoms with Crippen LogP contribution in [0, 0.1) is 0 Å². The van der Waals surface area contributed by atoms with Crippen molar-refractivity contribution in [3.8, 4) is 5.75 Å². The van der Waals surface area contributed by atoms with E-state index in [0.29, 0.717) is 17.5 Å². The largest absolute Gasteiger partial charge is 0.484 e. The molecule has 6 nitrogen and oxygen atoms in total. The Morgan fingerprint density at radius 1 is 1.54 bits per heavy atom. The van der Waals surface area contributed by atoms with E-state index in [4.69, 9.17) is 10.5 Å². The molecule has 24 heavy (non-hydrogen) atoms. The predicted molar refractivity (Wildman–Crippen MR) is 99.4 cm³/mol. The Kier molecular flexibility index (Phi) is 7.24. The van der Waals surface area contributed by atoms with Crippen molar-refractivity contribution in [1.29, 1.82) is 0 Å². The average molecular weight is 350 g/mol. The molecule has 1 saturated heterocycles. The molecule has 1 aromatic carbocycles. The van der Waals surface area contributed by atoms with Crippen LogP contribution in [-0.4, -0.2) is 54.5 Å². The molecule has 1 aliphatic heterocycles. The van der Waals surface area contributed by atoms with E-state index >= 15 is 0 Å². The Balaban J connectivity index is 1.91. The third-order valence-corrected chi connectivity index (χ3v) is 5.21. The number of primary amides is 1. The van der Waals surface area contributed by atoms with Gasteiger partial charge in [0.05, 0.1) is 0 Å². The summed E-state index contributed by atoms with van der Waals surface area (Å²) in [5.41, 5.74) is 6.17. The van der Waals surface area contributed by atoms with Crippen LogP contribution in [0.15, 0.2) is 29.3 Å². The van der Waals surface area contributed by atoms with E-state index in [0.717, 1.165) is 30.4 Å². The molecule has 1 atom stereocenters. The van der Waals surface area contributed by atoms with E-state index < -0.39 is 5.91 Å². The van der Waals surface area contributed by atoms with Gasteiger partial charge in [-0.15, -0.1) is 0 Å². The van der Waals surface area contributed by atoms with Crippen LogP contribution in [-0.2, 0) is 11.3 Å². The second-order valence-electron chi connectivity index (χ2n) is 5.65. The Morgan fingerprint density at radius 2 is 2.38 bits per heavy atom. The first-order valence-corrected chi connectivity index (χ1v) is 9.24. The van der Waals surface area contributed by atoms with Crippen molar-refractivity contribution >= 4 is 23.6 Å². The van der Waals surface area contributed by atoms with Gasteiger partial charge in [-0.25, -0.2) is 0 Å². The summed E-state index contributed by atoms with van der Waals surface area (Å²) in [6.45, 7) is 4.82. The first-order chi connectivity index (χ1) is 11.6. The standard InChI is InChI=1S/C17H26N4O2S/c1-3-15-11-21(7-8-24-15)17(19-2)20-10-13-5-4-6-14(9-13)23-12-16(18)22/h4-6,9,15H,3,7-8,10-12H2,1-2H3,(H2,18,22)(H,19,20). The van der Waals surface area contributed by atoms with Crippen LogP contribution in [0.2, 0.25) is 0 Å². The Morgan fingerprint density at radius 3 is 3.08 bits per heavy atom. The van der Waals surface area contributed by atoms with Gasteiger partial charge in [-0.3, -0.25) is 9.79 Å².